The Bertz CT molecular complexity index is 698. The highest BCUT2D eigenvalue weighted by atomic mass is 79.9. The molecule has 0 aliphatic heterocycles. The molecule has 0 spiro atoms. The highest BCUT2D eigenvalue weighted by molar-refractivity contribution is 9.10. The van der Waals surface area contributed by atoms with Gasteiger partial charge in [-0.15, -0.1) is 0 Å². The van der Waals surface area contributed by atoms with E-state index in [2.05, 4.69) is 59.4 Å². The third-order valence-corrected chi connectivity index (χ3v) is 4.62. The van der Waals surface area contributed by atoms with Gasteiger partial charge in [-0.3, -0.25) is 0 Å². The molecule has 0 saturated carbocycles. The summed E-state index contributed by atoms with van der Waals surface area (Å²) in [6.45, 7) is 4.82. The van der Waals surface area contributed by atoms with Gasteiger partial charge in [0.15, 0.2) is 5.11 Å². The first-order valence-electron chi connectivity index (χ1n) is 7.33. The van der Waals surface area contributed by atoms with Crippen LogP contribution in [0.5, 0.6) is 5.75 Å². The van der Waals surface area contributed by atoms with Gasteiger partial charge in [0, 0.05) is 29.3 Å². The zero-order chi connectivity index (χ0) is 17.0. The fourth-order valence-electron chi connectivity index (χ4n) is 2.41. The van der Waals surface area contributed by atoms with Crippen molar-refractivity contribution < 1.29 is 4.74 Å². The summed E-state index contributed by atoms with van der Waals surface area (Å²) in [5.74, 6) is 0.856. The predicted molar refractivity (Wildman–Crippen MR) is 104 cm³/mol. The van der Waals surface area contributed by atoms with Crippen LogP contribution in [0.2, 0.25) is 0 Å². The summed E-state index contributed by atoms with van der Waals surface area (Å²) in [6, 6.07) is 12.2. The zero-order valence-corrected chi connectivity index (χ0v) is 16.2. The number of nitrogens with one attached hydrogen (secondary N) is 1. The number of rotatable bonds is 4. The Morgan fingerprint density at radius 1 is 1.22 bits per heavy atom. The predicted octanol–water partition coefficient (Wildman–Crippen LogP) is 4.90. The smallest absolute Gasteiger partial charge is 0.173 e. The van der Waals surface area contributed by atoms with Gasteiger partial charge in [0.25, 0.3) is 0 Å². The Morgan fingerprint density at radius 3 is 2.48 bits per heavy atom. The maximum Gasteiger partial charge on any atom is 0.173 e. The van der Waals surface area contributed by atoms with E-state index < -0.39 is 0 Å². The molecule has 2 aromatic carbocycles. The fourth-order valence-corrected chi connectivity index (χ4v) is 2.99. The van der Waals surface area contributed by atoms with E-state index in [4.69, 9.17) is 17.0 Å². The Labute approximate surface area is 151 Å². The van der Waals surface area contributed by atoms with Gasteiger partial charge in [0.05, 0.1) is 7.11 Å². The highest BCUT2D eigenvalue weighted by Gasteiger charge is 2.12. The summed E-state index contributed by atoms with van der Waals surface area (Å²) in [4.78, 5) is 2.01. The molecule has 0 aliphatic carbocycles. The average molecular weight is 393 g/mol. The van der Waals surface area contributed by atoms with E-state index >= 15 is 0 Å². The molecule has 0 unspecified atom stereocenters. The summed E-state index contributed by atoms with van der Waals surface area (Å²) in [6.07, 6.45) is 0. The molecule has 5 heteroatoms. The number of hydrogen-bond acceptors (Lipinski definition) is 2. The van der Waals surface area contributed by atoms with E-state index in [0.717, 1.165) is 21.5 Å². The van der Waals surface area contributed by atoms with Crippen molar-refractivity contribution in [3.63, 3.8) is 0 Å². The van der Waals surface area contributed by atoms with E-state index in [9.17, 15) is 0 Å². The van der Waals surface area contributed by atoms with Crippen LogP contribution in [0.1, 0.15) is 16.7 Å². The third-order valence-electron chi connectivity index (χ3n) is 3.71. The second kappa shape index (κ2) is 7.79. The standard InChI is InChI=1S/C18H21BrN2OS/c1-12-6-5-7-13(2)17(12)20-18(23)21(3)11-14-10-15(19)8-9-16(14)22-4/h5-10H,11H2,1-4H3,(H,20,23). The van der Waals surface area contributed by atoms with Crippen LogP contribution in [0.3, 0.4) is 0 Å². The molecular formula is C18H21BrN2OS. The first-order chi connectivity index (χ1) is 10.9. The van der Waals surface area contributed by atoms with Gasteiger partial charge in [0.2, 0.25) is 0 Å². The number of anilines is 1. The van der Waals surface area contributed by atoms with Crippen molar-refractivity contribution in [2.45, 2.75) is 20.4 Å². The maximum atomic E-state index is 5.55. The lowest BCUT2D eigenvalue weighted by atomic mass is 10.1. The quantitative estimate of drug-likeness (QED) is 0.747. The van der Waals surface area contributed by atoms with E-state index in [1.807, 2.05) is 24.1 Å². The number of methoxy groups -OCH3 is 1. The molecule has 0 aliphatic rings. The Kier molecular flexibility index (Phi) is 6.02. The number of thiocarbonyl (C=S) groups is 1. The van der Waals surface area contributed by atoms with Crippen molar-refractivity contribution in [2.24, 2.45) is 0 Å². The van der Waals surface area contributed by atoms with Gasteiger partial charge in [-0.25, -0.2) is 0 Å². The van der Waals surface area contributed by atoms with Gasteiger partial charge in [-0.05, 0) is 55.4 Å². The van der Waals surface area contributed by atoms with Crippen LogP contribution in [0.15, 0.2) is 40.9 Å². The Balaban J connectivity index is 2.13. The second-order valence-electron chi connectivity index (χ2n) is 5.51. The van der Waals surface area contributed by atoms with E-state index in [-0.39, 0.29) is 0 Å². The molecule has 2 aromatic rings. The molecule has 23 heavy (non-hydrogen) atoms. The minimum atomic E-state index is 0.666. The minimum Gasteiger partial charge on any atom is -0.496 e. The zero-order valence-electron chi connectivity index (χ0n) is 13.8. The fraction of sp³-hybridized carbons (Fsp3) is 0.278. The monoisotopic (exact) mass is 392 g/mol. The van der Waals surface area contributed by atoms with Gasteiger partial charge >= 0.3 is 0 Å². The molecule has 0 fully saturated rings. The maximum absolute atomic E-state index is 5.55. The number of aryl methyl sites for hydroxylation is 2. The third kappa shape index (κ3) is 4.45. The molecule has 2 rings (SSSR count). The average Bonchev–Trinajstić information content (AvgIpc) is 2.51. The number of nitrogens with zero attached hydrogens (tertiary/aromatic N) is 1. The molecule has 3 nitrogen and oxygen atoms in total. The molecule has 0 amide bonds. The summed E-state index contributed by atoms with van der Waals surface area (Å²) in [7, 11) is 3.66. The normalized spacial score (nSPS) is 10.3. The molecule has 0 bridgehead atoms. The van der Waals surface area contributed by atoms with Crippen LogP contribution in [-0.4, -0.2) is 24.2 Å². The van der Waals surface area contributed by atoms with Crippen molar-refractivity contribution in [3.8, 4) is 5.75 Å². The van der Waals surface area contributed by atoms with Gasteiger partial charge in [-0.1, -0.05) is 34.1 Å². The van der Waals surface area contributed by atoms with Crippen molar-refractivity contribution in [2.75, 3.05) is 19.5 Å². The lowest BCUT2D eigenvalue weighted by Gasteiger charge is -2.23. The molecule has 0 aromatic heterocycles. The van der Waals surface area contributed by atoms with Crippen molar-refractivity contribution in [3.05, 3.63) is 57.6 Å². The van der Waals surface area contributed by atoms with Crippen molar-refractivity contribution in [1.29, 1.82) is 0 Å². The first-order valence-corrected chi connectivity index (χ1v) is 8.53. The van der Waals surface area contributed by atoms with Gasteiger partial charge in [-0.2, -0.15) is 0 Å². The molecule has 0 radical (unpaired) electrons. The highest BCUT2D eigenvalue weighted by Crippen LogP contribution is 2.25. The topological polar surface area (TPSA) is 24.5 Å². The molecule has 1 N–H and O–H groups in total. The van der Waals surface area contributed by atoms with Crippen LogP contribution in [-0.2, 0) is 6.54 Å². The lowest BCUT2D eigenvalue weighted by molar-refractivity contribution is 0.399. The second-order valence-corrected chi connectivity index (χ2v) is 6.81. The Hall–Kier alpha value is -1.59. The number of hydrogen-bond donors (Lipinski definition) is 1. The molecule has 0 saturated heterocycles. The minimum absolute atomic E-state index is 0.666. The van der Waals surface area contributed by atoms with Crippen LogP contribution < -0.4 is 10.1 Å². The summed E-state index contributed by atoms with van der Waals surface area (Å²) < 4.78 is 6.45. The van der Waals surface area contributed by atoms with Crippen molar-refractivity contribution in [1.82, 2.24) is 4.90 Å². The summed E-state index contributed by atoms with van der Waals surface area (Å²) >= 11 is 9.05. The molecule has 122 valence electrons. The molecule has 0 heterocycles. The van der Waals surface area contributed by atoms with E-state index in [1.54, 1.807) is 7.11 Å². The SMILES string of the molecule is COc1ccc(Br)cc1CN(C)C(=S)Nc1c(C)cccc1C. The summed E-state index contributed by atoms with van der Waals surface area (Å²) in [5, 5.41) is 4.04. The van der Waals surface area contributed by atoms with Gasteiger partial charge in [0.1, 0.15) is 5.75 Å². The van der Waals surface area contributed by atoms with E-state index in [0.29, 0.717) is 11.7 Å². The number of para-hydroxylation sites is 1. The number of benzene rings is 2. The Morgan fingerprint density at radius 2 is 1.87 bits per heavy atom. The molecular weight excluding hydrogens is 372 g/mol. The van der Waals surface area contributed by atoms with Crippen LogP contribution >= 0.6 is 28.1 Å². The number of halogens is 1. The van der Waals surface area contributed by atoms with Gasteiger partial charge < -0.3 is 15.0 Å². The van der Waals surface area contributed by atoms with Crippen LogP contribution in [0, 0.1) is 13.8 Å². The lowest BCUT2D eigenvalue weighted by Crippen LogP contribution is -2.31. The van der Waals surface area contributed by atoms with Crippen LogP contribution in [0.25, 0.3) is 0 Å². The first kappa shape index (κ1) is 17.8. The number of ether oxygens (including phenoxy) is 1. The van der Waals surface area contributed by atoms with E-state index in [1.165, 1.54) is 11.1 Å². The summed E-state index contributed by atoms with van der Waals surface area (Å²) in [5.41, 5.74) is 4.52. The largest absolute Gasteiger partial charge is 0.496 e. The van der Waals surface area contributed by atoms with Crippen LogP contribution in [0.4, 0.5) is 5.69 Å². The molecule has 0 atom stereocenters. The van der Waals surface area contributed by atoms with Crippen molar-refractivity contribution >= 4 is 38.9 Å².